The quantitative estimate of drug-likeness (QED) is 0.334. The fourth-order valence-corrected chi connectivity index (χ4v) is 3.65. The Morgan fingerprint density at radius 1 is 1.34 bits per heavy atom. The van der Waals surface area contributed by atoms with Gasteiger partial charge >= 0.3 is 6.61 Å². The van der Waals surface area contributed by atoms with Crippen LogP contribution in [0.15, 0.2) is 23.2 Å². The van der Waals surface area contributed by atoms with Crippen molar-refractivity contribution < 1.29 is 23.0 Å². The molecule has 3 rings (SSSR count). The van der Waals surface area contributed by atoms with Gasteiger partial charge in [0, 0.05) is 36.8 Å². The van der Waals surface area contributed by atoms with E-state index in [1.165, 1.54) is 12.1 Å². The van der Waals surface area contributed by atoms with Crippen LogP contribution in [0.4, 0.5) is 8.78 Å². The zero-order chi connectivity index (χ0) is 19.9. The van der Waals surface area contributed by atoms with Crippen molar-refractivity contribution in [2.45, 2.75) is 45.1 Å². The highest BCUT2D eigenvalue weighted by molar-refractivity contribution is 14.0. The molecule has 0 radical (unpaired) electrons. The van der Waals surface area contributed by atoms with Gasteiger partial charge < -0.3 is 24.4 Å². The maximum Gasteiger partial charge on any atom is 0.387 e. The molecule has 2 saturated heterocycles. The SMILES string of the molecule is CCNC(=NCc1cc(Cl)ccc1OC(F)F)N1CCOC(C2CCCO2)C1.I. The number of benzene rings is 1. The van der Waals surface area contributed by atoms with Crippen LogP contribution in [0.5, 0.6) is 5.75 Å². The Labute approximate surface area is 191 Å². The molecule has 2 heterocycles. The zero-order valence-corrected chi connectivity index (χ0v) is 19.4. The Hall–Kier alpha value is -0.910. The number of morpholine rings is 1. The van der Waals surface area contributed by atoms with Crippen LogP contribution >= 0.6 is 35.6 Å². The van der Waals surface area contributed by atoms with E-state index < -0.39 is 6.61 Å². The maximum atomic E-state index is 12.7. The number of alkyl halides is 2. The summed E-state index contributed by atoms with van der Waals surface area (Å²) in [4.78, 5) is 6.75. The van der Waals surface area contributed by atoms with Gasteiger partial charge in [-0.3, -0.25) is 0 Å². The van der Waals surface area contributed by atoms with Gasteiger partial charge in [-0.05, 0) is 38.0 Å². The number of nitrogens with zero attached hydrogens (tertiary/aromatic N) is 2. The highest BCUT2D eigenvalue weighted by Gasteiger charge is 2.32. The molecule has 164 valence electrons. The molecule has 0 aromatic heterocycles. The maximum absolute atomic E-state index is 12.7. The minimum atomic E-state index is -2.90. The van der Waals surface area contributed by atoms with Crippen molar-refractivity contribution in [1.82, 2.24) is 10.2 Å². The van der Waals surface area contributed by atoms with Crippen molar-refractivity contribution in [3.8, 4) is 5.75 Å². The number of rotatable bonds is 6. The van der Waals surface area contributed by atoms with Crippen LogP contribution in [0.25, 0.3) is 0 Å². The number of aliphatic imine (C=N–C) groups is 1. The third-order valence-corrected chi connectivity index (χ3v) is 4.98. The second-order valence-corrected chi connectivity index (χ2v) is 7.14. The van der Waals surface area contributed by atoms with Gasteiger partial charge in [-0.2, -0.15) is 8.78 Å². The number of ether oxygens (including phenoxy) is 3. The lowest BCUT2D eigenvalue weighted by Crippen LogP contribution is -2.53. The summed E-state index contributed by atoms with van der Waals surface area (Å²) in [6.07, 6.45) is 2.18. The summed E-state index contributed by atoms with van der Waals surface area (Å²) in [6.45, 7) is 2.69. The number of hydrogen-bond donors (Lipinski definition) is 1. The molecule has 1 N–H and O–H groups in total. The molecule has 6 nitrogen and oxygen atoms in total. The average Bonchev–Trinajstić information content (AvgIpc) is 3.21. The predicted molar refractivity (Wildman–Crippen MR) is 119 cm³/mol. The summed E-state index contributed by atoms with van der Waals surface area (Å²) >= 11 is 6.02. The molecule has 2 unspecified atom stereocenters. The fraction of sp³-hybridized carbons (Fsp3) is 0.632. The Bertz CT molecular complexity index is 678. The van der Waals surface area contributed by atoms with E-state index in [2.05, 4.69) is 19.9 Å². The molecular weight excluding hydrogens is 519 g/mol. The van der Waals surface area contributed by atoms with Gasteiger partial charge in [-0.15, -0.1) is 24.0 Å². The Morgan fingerprint density at radius 2 is 2.14 bits per heavy atom. The number of guanidine groups is 1. The first-order chi connectivity index (χ1) is 13.6. The molecule has 0 spiro atoms. The first-order valence-electron chi connectivity index (χ1n) is 9.56. The highest BCUT2D eigenvalue weighted by Crippen LogP contribution is 2.26. The molecule has 2 atom stereocenters. The largest absolute Gasteiger partial charge is 0.434 e. The number of nitrogens with one attached hydrogen (secondary N) is 1. The molecule has 1 aromatic rings. The highest BCUT2D eigenvalue weighted by atomic mass is 127. The van der Waals surface area contributed by atoms with Crippen LogP contribution in [-0.4, -0.2) is 62.5 Å². The number of halogens is 4. The van der Waals surface area contributed by atoms with Gasteiger partial charge in [-0.1, -0.05) is 11.6 Å². The van der Waals surface area contributed by atoms with Crippen molar-refractivity contribution in [3.05, 3.63) is 28.8 Å². The Morgan fingerprint density at radius 3 is 2.83 bits per heavy atom. The smallest absolute Gasteiger partial charge is 0.387 e. The molecule has 0 amide bonds. The minimum Gasteiger partial charge on any atom is -0.434 e. The van der Waals surface area contributed by atoms with Crippen LogP contribution in [0.2, 0.25) is 5.02 Å². The van der Waals surface area contributed by atoms with Gasteiger partial charge in [0.05, 0.1) is 19.3 Å². The lowest BCUT2D eigenvalue weighted by Gasteiger charge is -2.37. The van der Waals surface area contributed by atoms with Crippen molar-refractivity contribution in [1.29, 1.82) is 0 Å². The standard InChI is InChI=1S/C19H26ClF2N3O3.HI/c1-2-23-19(25-7-9-27-17(12-25)16-4-3-8-26-16)24-11-13-10-14(20)5-6-15(13)28-18(21)22;/h5-6,10,16-18H,2-4,7-9,11-12H2,1H3,(H,23,24);1H. The van der Waals surface area contributed by atoms with Crippen LogP contribution in [0, 0.1) is 0 Å². The van der Waals surface area contributed by atoms with E-state index in [-0.39, 0.29) is 48.5 Å². The van der Waals surface area contributed by atoms with E-state index in [0.717, 1.165) is 19.4 Å². The van der Waals surface area contributed by atoms with E-state index >= 15 is 0 Å². The summed E-state index contributed by atoms with van der Waals surface area (Å²) in [5, 5.41) is 3.71. The van der Waals surface area contributed by atoms with E-state index in [4.69, 9.17) is 21.1 Å². The number of hydrogen-bond acceptors (Lipinski definition) is 4. The zero-order valence-electron chi connectivity index (χ0n) is 16.3. The molecular formula is C19H27ClF2IN3O3. The molecule has 1 aromatic carbocycles. The lowest BCUT2D eigenvalue weighted by atomic mass is 10.1. The van der Waals surface area contributed by atoms with Crippen LogP contribution in [0.1, 0.15) is 25.3 Å². The molecule has 0 aliphatic carbocycles. The topological polar surface area (TPSA) is 55.3 Å². The van der Waals surface area contributed by atoms with Crippen molar-refractivity contribution in [2.75, 3.05) is 32.8 Å². The normalized spacial score (nSPS) is 22.5. The minimum absolute atomic E-state index is 0. The Balaban J connectivity index is 0.00000300. The third kappa shape index (κ3) is 7.08. The molecule has 10 heteroatoms. The van der Waals surface area contributed by atoms with E-state index in [1.807, 2.05) is 6.92 Å². The van der Waals surface area contributed by atoms with Crippen molar-refractivity contribution >= 4 is 41.5 Å². The molecule has 2 aliphatic rings. The van der Waals surface area contributed by atoms with E-state index in [1.54, 1.807) is 6.07 Å². The fourth-order valence-electron chi connectivity index (χ4n) is 3.46. The van der Waals surface area contributed by atoms with Crippen molar-refractivity contribution in [2.24, 2.45) is 4.99 Å². The van der Waals surface area contributed by atoms with Crippen LogP contribution in [-0.2, 0) is 16.0 Å². The van der Waals surface area contributed by atoms with Gasteiger partial charge in [0.25, 0.3) is 0 Å². The molecule has 2 aliphatic heterocycles. The predicted octanol–water partition coefficient (Wildman–Crippen LogP) is 3.90. The van der Waals surface area contributed by atoms with Gasteiger partial charge in [0.2, 0.25) is 0 Å². The summed E-state index contributed by atoms with van der Waals surface area (Å²) in [5.41, 5.74) is 0.507. The second-order valence-electron chi connectivity index (χ2n) is 6.71. The van der Waals surface area contributed by atoms with Crippen molar-refractivity contribution in [3.63, 3.8) is 0 Å². The summed E-state index contributed by atoms with van der Waals surface area (Å²) in [5.74, 6) is 0.787. The van der Waals surface area contributed by atoms with E-state index in [0.29, 0.717) is 42.8 Å². The molecule has 29 heavy (non-hydrogen) atoms. The van der Waals surface area contributed by atoms with Gasteiger partial charge in [0.15, 0.2) is 5.96 Å². The molecule has 0 bridgehead atoms. The Kier molecular flexibility index (Phi) is 10.1. The molecule has 2 fully saturated rings. The molecule has 0 saturated carbocycles. The first-order valence-corrected chi connectivity index (χ1v) is 9.94. The summed E-state index contributed by atoms with van der Waals surface area (Å²) < 4.78 is 41.6. The third-order valence-electron chi connectivity index (χ3n) is 4.75. The van der Waals surface area contributed by atoms with Crippen LogP contribution < -0.4 is 10.1 Å². The lowest BCUT2D eigenvalue weighted by molar-refractivity contribution is -0.0817. The monoisotopic (exact) mass is 545 g/mol. The van der Waals surface area contributed by atoms with Crippen LogP contribution in [0.3, 0.4) is 0 Å². The average molecular weight is 546 g/mol. The second kappa shape index (κ2) is 12.1. The summed E-state index contributed by atoms with van der Waals surface area (Å²) in [7, 11) is 0. The van der Waals surface area contributed by atoms with Gasteiger partial charge in [0.1, 0.15) is 11.9 Å². The van der Waals surface area contributed by atoms with E-state index in [9.17, 15) is 8.78 Å². The first kappa shape index (κ1) is 24.4. The van der Waals surface area contributed by atoms with Gasteiger partial charge in [-0.25, -0.2) is 4.99 Å². The summed E-state index contributed by atoms with van der Waals surface area (Å²) in [6, 6.07) is 4.56.